The summed E-state index contributed by atoms with van der Waals surface area (Å²) < 4.78 is 37.4. The van der Waals surface area contributed by atoms with Crippen LogP contribution in [0.5, 0.6) is 11.5 Å². The van der Waals surface area contributed by atoms with E-state index in [9.17, 15) is 15.0 Å². The molecule has 0 aliphatic carbocycles. The van der Waals surface area contributed by atoms with E-state index in [1.54, 1.807) is 19.1 Å². The Bertz CT molecular complexity index is 1490. The summed E-state index contributed by atoms with van der Waals surface area (Å²) in [6, 6.07) is 7.07. The number of hydrogen-bond acceptors (Lipinski definition) is 9. The van der Waals surface area contributed by atoms with Crippen molar-refractivity contribution in [2.45, 2.75) is 137 Å². The van der Waals surface area contributed by atoms with Crippen molar-refractivity contribution in [2.24, 2.45) is 0 Å². The number of hydrogen-bond donors (Lipinski definition) is 2. The highest BCUT2D eigenvalue weighted by Gasteiger charge is 2.57. The third-order valence-electron chi connectivity index (χ3n) is 10.4. The third-order valence-corrected chi connectivity index (χ3v) is 11.3. The molecule has 274 valence electrons. The van der Waals surface area contributed by atoms with Gasteiger partial charge in [0.05, 0.1) is 39.2 Å². The number of carbonyl (C=O) groups is 1. The van der Waals surface area contributed by atoms with Crippen molar-refractivity contribution in [3.63, 3.8) is 0 Å². The van der Waals surface area contributed by atoms with Crippen LogP contribution in [-0.4, -0.2) is 71.5 Å². The minimum absolute atomic E-state index is 0.0585. The van der Waals surface area contributed by atoms with Crippen molar-refractivity contribution in [1.82, 2.24) is 0 Å². The summed E-state index contributed by atoms with van der Waals surface area (Å²) in [6.07, 6.45) is 3.06. The van der Waals surface area contributed by atoms with E-state index < -0.39 is 7.12 Å². The number of aromatic hydroxyl groups is 2. The summed E-state index contributed by atoms with van der Waals surface area (Å²) in [5.41, 5.74) is 0.664. The number of aldehydes is 1. The Morgan fingerprint density at radius 2 is 0.900 bits per heavy atom. The van der Waals surface area contributed by atoms with Crippen LogP contribution < -0.4 is 0 Å². The zero-order valence-corrected chi connectivity index (χ0v) is 35.2. The second-order valence-corrected chi connectivity index (χ2v) is 17.9. The minimum Gasteiger partial charge on any atom is -0.507 e. The third kappa shape index (κ3) is 9.86. The van der Waals surface area contributed by atoms with Crippen LogP contribution in [0.4, 0.5) is 0 Å². The quantitative estimate of drug-likeness (QED) is 0.225. The van der Waals surface area contributed by atoms with Crippen molar-refractivity contribution >= 4 is 65.6 Å². The van der Waals surface area contributed by atoms with E-state index in [-0.39, 0.29) is 59.3 Å². The number of benzene rings is 2. The zero-order valence-electron chi connectivity index (χ0n) is 32.0. The molecular formula is C36H53B3Br2O9. The van der Waals surface area contributed by atoms with Gasteiger partial charge >= 0.3 is 21.4 Å². The second kappa shape index (κ2) is 15.4. The van der Waals surface area contributed by atoms with E-state index in [1.165, 1.54) is 0 Å². The molecule has 14 heteroatoms. The molecule has 2 aromatic carbocycles. The molecular weight excluding hydrogens is 769 g/mol. The van der Waals surface area contributed by atoms with E-state index in [0.717, 1.165) is 20.1 Å². The van der Waals surface area contributed by atoms with Crippen molar-refractivity contribution in [1.29, 1.82) is 0 Å². The molecule has 0 aromatic heterocycles. The van der Waals surface area contributed by atoms with Gasteiger partial charge in [-0.15, -0.1) is 0 Å². The molecule has 0 unspecified atom stereocenters. The first-order valence-electron chi connectivity index (χ1n) is 16.8. The Kier molecular flexibility index (Phi) is 13.2. The van der Waals surface area contributed by atoms with Gasteiger partial charge in [0.15, 0.2) is 6.29 Å². The first kappa shape index (κ1) is 42.8. The molecule has 9 nitrogen and oxygen atoms in total. The van der Waals surface area contributed by atoms with E-state index in [4.69, 9.17) is 27.9 Å². The highest BCUT2D eigenvalue weighted by molar-refractivity contribution is 9.10. The van der Waals surface area contributed by atoms with Gasteiger partial charge in [-0.05, 0) is 132 Å². The lowest BCUT2D eigenvalue weighted by Crippen LogP contribution is -2.41. The number of aryl methyl sites for hydroxylation is 2. The number of carbonyl (C=O) groups excluding carboxylic acids is 1. The standard InChI is InChI=1S/C15H20BBrO3.C13H26B2O4.C8H7BrO2/c1-10-8-12(17)9-11(13(10)18)6-7-16-19-14(2,3)15(4,5)20-16;1-10(2)11(3,4)17-14(16-10)9-15-18-12(5,6)13(7,8)19-15;1-5-2-7(9)3-6(4-10)8(5)11/h6-9,18H,1-5H3;9H2,1-8H3;2-4,11H,1H3/b7-6+;;. The van der Waals surface area contributed by atoms with Gasteiger partial charge in [0.25, 0.3) is 0 Å². The highest BCUT2D eigenvalue weighted by Crippen LogP contribution is 2.42. The van der Waals surface area contributed by atoms with Crippen molar-refractivity contribution in [3.8, 4) is 11.5 Å². The molecule has 0 saturated carbocycles. The minimum atomic E-state index is -0.404. The predicted molar refractivity (Wildman–Crippen MR) is 209 cm³/mol. The van der Waals surface area contributed by atoms with Crippen LogP contribution in [0.2, 0.25) is 6.22 Å². The van der Waals surface area contributed by atoms with Crippen molar-refractivity contribution in [3.05, 3.63) is 61.4 Å². The maximum atomic E-state index is 10.4. The summed E-state index contributed by atoms with van der Waals surface area (Å²) in [4.78, 5) is 10.4. The molecule has 3 heterocycles. The molecule has 0 radical (unpaired) electrons. The topological polar surface area (TPSA) is 113 Å². The van der Waals surface area contributed by atoms with Crippen LogP contribution in [0.3, 0.4) is 0 Å². The van der Waals surface area contributed by atoms with Gasteiger partial charge in [-0.1, -0.05) is 43.9 Å². The average molecular weight is 822 g/mol. The van der Waals surface area contributed by atoms with Crippen molar-refractivity contribution < 1.29 is 42.9 Å². The lowest BCUT2D eigenvalue weighted by atomic mass is 9.64. The van der Waals surface area contributed by atoms with Gasteiger partial charge in [-0.25, -0.2) is 0 Å². The lowest BCUT2D eigenvalue weighted by molar-refractivity contribution is 0.00578. The highest BCUT2D eigenvalue weighted by atomic mass is 79.9. The Hall–Kier alpha value is -1.64. The molecule has 0 amide bonds. The summed E-state index contributed by atoms with van der Waals surface area (Å²) >= 11 is 6.65. The SMILES string of the molecule is CC1(C)OB(CB2OC(C)(C)C(C)(C)O2)OC1(C)C.Cc1cc(Br)cc(/C=C/B2OC(C)(C)C(C)(C)O2)c1O.Cc1cc(Br)cc(C=O)c1O. The molecule has 3 saturated heterocycles. The number of phenolic OH excluding ortho intramolecular Hbond substituents is 2. The number of rotatable bonds is 5. The van der Waals surface area contributed by atoms with Gasteiger partial charge < -0.3 is 38.1 Å². The van der Waals surface area contributed by atoms with E-state index in [1.807, 2.05) is 58.8 Å². The first-order chi connectivity index (χ1) is 22.6. The van der Waals surface area contributed by atoms with Crippen LogP contribution >= 0.6 is 31.9 Å². The molecule has 50 heavy (non-hydrogen) atoms. The van der Waals surface area contributed by atoms with E-state index >= 15 is 0 Å². The smallest absolute Gasteiger partial charge is 0.487 e. The summed E-state index contributed by atoms with van der Waals surface area (Å²) in [6.45, 7) is 28.1. The molecule has 5 rings (SSSR count). The Morgan fingerprint density at radius 1 is 0.580 bits per heavy atom. The first-order valence-corrected chi connectivity index (χ1v) is 18.4. The molecule has 3 fully saturated rings. The molecule has 2 N–H and O–H groups in total. The molecule has 2 aromatic rings. The van der Waals surface area contributed by atoms with E-state index in [2.05, 4.69) is 87.2 Å². The monoisotopic (exact) mass is 820 g/mol. The molecule has 0 bridgehead atoms. The summed E-state index contributed by atoms with van der Waals surface area (Å²) in [5.74, 6) is 2.17. The maximum absolute atomic E-state index is 10.4. The lowest BCUT2D eigenvalue weighted by Gasteiger charge is -2.32. The average Bonchev–Trinajstić information content (AvgIpc) is 3.39. The van der Waals surface area contributed by atoms with Crippen molar-refractivity contribution in [2.75, 3.05) is 0 Å². The van der Waals surface area contributed by atoms with E-state index in [0.29, 0.717) is 23.6 Å². The maximum Gasteiger partial charge on any atom is 0.487 e. The fourth-order valence-corrected chi connectivity index (χ4v) is 6.35. The molecule has 3 aliphatic heterocycles. The van der Waals surface area contributed by atoms with Crippen LogP contribution in [-0.2, 0) is 27.9 Å². The fraction of sp³-hybridized carbons (Fsp3) is 0.583. The number of phenols is 2. The summed E-state index contributed by atoms with van der Waals surface area (Å²) in [5, 5.41) is 19.3. The van der Waals surface area contributed by atoms with Crippen LogP contribution in [0, 0.1) is 13.8 Å². The van der Waals surface area contributed by atoms with Gasteiger partial charge in [-0.2, -0.15) is 0 Å². The Labute approximate surface area is 316 Å². The number of halogens is 2. The van der Waals surface area contributed by atoms with Crippen LogP contribution in [0.15, 0.2) is 39.2 Å². The van der Waals surface area contributed by atoms with Gasteiger partial charge in [0.1, 0.15) is 11.5 Å². The zero-order chi connectivity index (χ0) is 38.3. The normalized spacial score (nSPS) is 22.2. The van der Waals surface area contributed by atoms with Gasteiger partial charge in [0, 0.05) is 20.7 Å². The van der Waals surface area contributed by atoms with Gasteiger partial charge in [-0.3, -0.25) is 4.79 Å². The van der Waals surface area contributed by atoms with Crippen LogP contribution in [0.1, 0.15) is 110 Å². The van der Waals surface area contributed by atoms with Gasteiger partial charge in [0.2, 0.25) is 0 Å². The fourth-order valence-electron chi connectivity index (χ4n) is 5.17. The molecule has 0 atom stereocenters. The molecule has 0 spiro atoms. The predicted octanol–water partition coefficient (Wildman–Crippen LogP) is 9.09. The largest absolute Gasteiger partial charge is 0.507 e. The Morgan fingerprint density at radius 3 is 1.26 bits per heavy atom. The summed E-state index contributed by atoms with van der Waals surface area (Å²) in [7, 11) is -0.960. The Balaban J connectivity index is 0.000000212. The molecule has 3 aliphatic rings. The van der Waals surface area contributed by atoms with Crippen LogP contribution in [0.25, 0.3) is 6.08 Å². The second-order valence-electron chi connectivity index (χ2n) is 16.0.